The first-order chi connectivity index (χ1) is 8.61. The van der Waals surface area contributed by atoms with Gasteiger partial charge < -0.3 is 10.0 Å². The third kappa shape index (κ3) is 3.45. The van der Waals surface area contributed by atoms with Crippen molar-refractivity contribution in [2.24, 2.45) is 0 Å². The van der Waals surface area contributed by atoms with Gasteiger partial charge in [-0.25, -0.2) is 0 Å². The molecule has 4 heteroatoms. The van der Waals surface area contributed by atoms with E-state index < -0.39 is 0 Å². The molecule has 1 saturated carbocycles. The van der Waals surface area contributed by atoms with Gasteiger partial charge in [-0.15, -0.1) is 0 Å². The van der Waals surface area contributed by atoms with Crippen molar-refractivity contribution in [2.45, 2.75) is 64.1 Å². The largest absolute Gasteiger partial charge is 0.393 e. The van der Waals surface area contributed by atoms with Gasteiger partial charge in [-0.1, -0.05) is 6.92 Å². The van der Waals surface area contributed by atoms with Gasteiger partial charge in [0.25, 0.3) is 0 Å². The zero-order valence-electron chi connectivity index (χ0n) is 11.6. The Morgan fingerprint density at radius 3 is 2.72 bits per heavy atom. The fraction of sp³-hybridized carbons (Fsp3) is 0.929. The minimum Gasteiger partial charge on any atom is -0.393 e. The lowest BCUT2D eigenvalue weighted by Crippen LogP contribution is -2.44. The molecule has 0 aromatic heterocycles. The van der Waals surface area contributed by atoms with Crippen molar-refractivity contribution in [2.75, 3.05) is 19.6 Å². The summed E-state index contributed by atoms with van der Waals surface area (Å²) in [7, 11) is 0. The number of carbonyl (C=O) groups excluding carboxylic acids is 1. The number of likely N-dealkylation sites (tertiary alicyclic amines) is 1. The van der Waals surface area contributed by atoms with Crippen LogP contribution in [-0.2, 0) is 4.79 Å². The maximum Gasteiger partial charge on any atom is 0.237 e. The molecule has 1 N–H and O–H groups in total. The first-order valence-electron chi connectivity index (χ1n) is 7.33. The Labute approximate surface area is 110 Å². The van der Waals surface area contributed by atoms with Crippen LogP contribution in [-0.4, -0.2) is 58.6 Å². The van der Waals surface area contributed by atoms with E-state index in [2.05, 4.69) is 11.8 Å². The van der Waals surface area contributed by atoms with E-state index in [1.165, 1.54) is 12.8 Å². The molecule has 1 aliphatic carbocycles. The molecule has 0 spiro atoms. The van der Waals surface area contributed by atoms with Crippen molar-refractivity contribution >= 4 is 5.91 Å². The molecule has 0 bridgehead atoms. The zero-order valence-corrected chi connectivity index (χ0v) is 11.6. The van der Waals surface area contributed by atoms with Gasteiger partial charge in [-0.3, -0.25) is 9.69 Å². The molecule has 18 heavy (non-hydrogen) atoms. The van der Waals surface area contributed by atoms with Crippen molar-refractivity contribution in [3.05, 3.63) is 0 Å². The highest BCUT2D eigenvalue weighted by molar-refractivity contribution is 5.79. The number of rotatable bonds is 6. The molecule has 1 aliphatic heterocycles. The van der Waals surface area contributed by atoms with Gasteiger partial charge in [0.05, 0.1) is 12.6 Å². The number of aliphatic hydroxyl groups excluding tert-OH is 1. The summed E-state index contributed by atoms with van der Waals surface area (Å²) in [5.41, 5.74) is 0. The second kappa shape index (κ2) is 6.02. The van der Waals surface area contributed by atoms with Gasteiger partial charge in [0.1, 0.15) is 0 Å². The van der Waals surface area contributed by atoms with Crippen LogP contribution in [0.2, 0.25) is 0 Å². The molecular formula is C14H26N2O2. The molecule has 0 aromatic rings. The third-order valence-corrected chi connectivity index (χ3v) is 4.12. The van der Waals surface area contributed by atoms with E-state index in [1.807, 2.05) is 11.8 Å². The van der Waals surface area contributed by atoms with Gasteiger partial charge in [0.2, 0.25) is 5.91 Å². The first kappa shape index (κ1) is 13.8. The Balaban J connectivity index is 1.86. The Bertz CT molecular complexity index is 290. The van der Waals surface area contributed by atoms with Crippen LogP contribution in [0.25, 0.3) is 0 Å². The smallest absolute Gasteiger partial charge is 0.237 e. The van der Waals surface area contributed by atoms with E-state index in [1.54, 1.807) is 0 Å². The van der Waals surface area contributed by atoms with Crippen molar-refractivity contribution < 1.29 is 9.90 Å². The molecule has 2 fully saturated rings. The predicted molar refractivity (Wildman–Crippen MR) is 71.3 cm³/mol. The van der Waals surface area contributed by atoms with Crippen molar-refractivity contribution in [1.29, 1.82) is 0 Å². The number of amides is 1. The number of aliphatic hydroxyl groups is 1. The Kier molecular flexibility index (Phi) is 4.62. The van der Waals surface area contributed by atoms with Crippen LogP contribution in [0.1, 0.15) is 46.0 Å². The van der Waals surface area contributed by atoms with Crippen LogP contribution in [0.3, 0.4) is 0 Å². The molecule has 0 radical (unpaired) electrons. The van der Waals surface area contributed by atoms with Gasteiger partial charge >= 0.3 is 0 Å². The lowest BCUT2D eigenvalue weighted by molar-refractivity contribution is -0.133. The van der Waals surface area contributed by atoms with Gasteiger partial charge in [-0.05, 0) is 45.6 Å². The minimum atomic E-state index is -0.311. The van der Waals surface area contributed by atoms with Gasteiger partial charge in [0.15, 0.2) is 0 Å². The summed E-state index contributed by atoms with van der Waals surface area (Å²) >= 11 is 0. The van der Waals surface area contributed by atoms with Crippen molar-refractivity contribution in [1.82, 2.24) is 9.80 Å². The highest BCUT2D eigenvalue weighted by Gasteiger charge is 2.33. The fourth-order valence-electron chi connectivity index (χ4n) is 3.01. The monoisotopic (exact) mass is 254 g/mol. The van der Waals surface area contributed by atoms with E-state index in [9.17, 15) is 9.90 Å². The molecule has 1 heterocycles. The van der Waals surface area contributed by atoms with E-state index in [0.717, 1.165) is 32.4 Å². The summed E-state index contributed by atoms with van der Waals surface area (Å²) in [4.78, 5) is 16.6. The first-order valence-corrected chi connectivity index (χ1v) is 7.33. The highest BCUT2D eigenvalue weighted by Crippen LogP contribution is 2.27. The molecule has 2 rings (SSSR count). The maximum absolute atomic E-state index is 12.3. The molecule has 104 valence electrons. The normalized spacial score (nSPS) is 25.8. The van der Waals surface area contributed by atoms with Crippen molar-refractivity contribution in [3.8, 4) is 0 Å². The maximum atomic E-state index is 12.3. The predicted octanol–water partition coefficient (Wildman–Crippen LogP) is 1.23. The number of hydrogen-bond acceptors (Lipinski definition) is 3. The number of hydrogen-bond donors (Lipinski definition) is 1. The number of carbonyl (C=O) groups is 1. The topological polar surface area (TPSA) is 43.8 Å². The molecule has 0 aromatic carbocycles. The summed E-state index contributed by atoms with van der Waals surface area (Å²) in [5.74, 6) is 0.256. The van der Waals surface area contributed by atoms with Gasteiger partial charge in [-0.2, -0.15) is 0 Å². The third-order valence-electron chi connectivity index (χ3n) is 4.12. The molecular weight excluding hydrogens is 228 g/mol. The van der Waals surface area contributed by atoms with E-state index in [0.29, 0.717) is 12.6 Å². The standard InChI is InChI=1S/C14H26N2O2/c1-3-15(12-6-7-12)10-14(18)16-8-4-5-13(16)9-11(2)17/h11-13,17H,3-10H2,1-2H3. The summed E-state index contributed by atoms with van der Waals surface area (Å²) in [6.45, 7) is 6.34. The molecule has 2 unspecified atom stereocenters. The van der Waals surface area contributed by atoms with Crippen LogP contribution in [0, 0.1) is 0 Å². The molecule has 1 amide bonds. The Morgan fingerprint density at radius 2 is 2.17 bits per heavy atom. The second-order valence-corrected chi connectivity index (χ2v) is 5.76. The summed E-state index contributed by atoms with van der Waals surface area (Å²) in [5, 5.41) is 9.49. The van der Waals surface area contributed by atoms with Crippen LogP contribution in [0.15, 0.2) is 0 Å². The number of likely N-dealkylation sites (N-methyl/N-ethyl adjacent to an activating group) is 1. The molecule has 2 atom stereocenters. The number of nitrogens with zero attached hydrogens (tertiary/aromatic N) is 2. The quantitative estimate of drug-likeness (QED) is 0.775. The summed E-state index contributed by atoms with van der Waals surface area (Å²) in [6.07, 6.45) is 5.04. The summed E-state index contributed by atoms with van der Waals surface area (Å²) < 4.78 is 0. The van der Waals surface area contributed by atoms with Gasteiger partial charge in [0, 0.05) is 18.6 Å². The van der Waals surface area contributed by atoms with Crippen molar-refractivity contribution in [3.63, 3.8) is 0 Å². The second-order valence-electron chi connectivity index (χ2n) is 5.76. The van der Waals surface area contributed by atoms with Crippen LogP contribution < -0.4 is 0 Å². The lowest BCUT2D eigenvalue weighted by Gasteiger charge is -2.28. The SMILES string of the molecule is CCN(CC(=O)N1CCCC1CC(C)O)C1CC1. The average Bonchev–Trinajstić information content (AvgIpc) is 3.06. The van der Waals surface area contributed by atoms with E-state index in [-0.39, 0.29) is 18.1 Å². The molecule has 2 aliphatic rings. The minimum absolute atomic E-state index is 0.256. The van der Waals surface area contributed by atoms with Crippen LogP contribution in [0.5, 0.6) is 0 Å². The van der Waals surface area contributed by atoms with E-state index in [4.69, 9.17) is 0 Å². The fourth-order valence-corrected chi connectivity index (χ4v) is 3.01. The lowest BCUT2D eigenvalue weighted by atomic mass is 10.1. The Hall–Kier alpha value is -0.610. The Morgan fingerprint density at radius 1 is 1.44 bits per heavy atom. The van der Waals surface area contributed by atoms with E-state index >= 15 is 0 Å². The average molecular weight is 254 g/mol. The highest BCUT2D eigenvalue weighted by atomic mass is 16.3. The summed E-state index contributed by atoms with van der Waals surface area (Å²) in [6, 6.07) is 0.909. The zero-order chi connectivity index (χ0) is 13.1. The molecule has 1 saturated heterocycles. The van der Waals surface area contributed by atoms with Crippen LogP contribution >= 0.6 is 0 Å². The molecule has 4 nitrogen and oxygen atoms in total. The van der Waals surface area contributed by atoms with Crippen LogP contribution in [0.4, 0.5) is 0 Å².